The van der Waals surface area contributed by atoms with Gasteiger partial charge in [0.1, 0.15) is 36.4 Å². The van der Waals surface area contributed by atoms with Crippen LogP contribution in [0.2, 0.25) is 0 Å². The molecule has 6 nitrogen and oxygen atoms in total. The van der Waals surface area contributed by atoms with Gasteiger partial charge in [-0.2, -0.15) is 5.43 Å². The van der Waals surface area contributed by atoms with Crippen LogP contribution in [-0.4, -0.2) is 50.3 Å². The topological polar surface area (TPSA) is 75.4 Å². The van der Waals surface area contributed by atoms with Gasteiger partial charge >= 0.3 is 0 Å². The molecule has 2 unspecified atom stereocenters. The number of benzene rings is 1. The van der Waals surface area contributed by atoms with Gasteiger partial charge < -0.3 is 5.73 Å². The van der Waals surface area contributed by atoms with Gasteiger partial charge in [0.2, 0.25) is 10.6 Å². The number of allylic oxidation sites excluding steroid dienone is 3. The van der Waals surface area contributed by atoms with E-state index in [1.165, 1.54) is 5.56 Å². The van der Waals surface area contributed by atoms with Crippen LogP contribution in [0.3, 0.4) is 0 Å². The first-order valence-electron chi connectivity index (χ1n) is 9.13. The van der Waals surface area contributed by atoms with Gasteiger partial charge in [0.15, 0.2) is 0 Å². The number of hydrogen-bond donors (Lipinski definition) is 2. The van der Waals surface area contributed by atoms with E-state index >= 15 is 0 Å². The zero-order chi connectivity index (χ0) is 19.7. The monoisotopic (exact) mass is 461 g/mol. The maximum atomic E-state index is 12.2. The summed E-state index contributed by atoms with van der Waals surface area (Å²) >= 11 is 4.67. The first-order chi connectivity index (χ1) is 13.5. The Balaban J connectivity index is 1.56. The van der Waals surface area contributed by atoms with E-state index in [1.807, 2.05) is 30.4 Å². The molecule has 3 heterocycles. The molecule has 1 fully saturated rings. The molecule has 0 spiro atoms. The van der Waals surface area contributed by atoms with E-state index in [4.69, 9.17) is 5.73 Å². The third-order valence-corrected chi connectivity index (χ3v) is 6.98. The van der Waals surface area contributed by atoms with E-state index in [9.17, 15) is 9.59 Å². The average Bonchev–Trinajstić information content (AvgIpc) is 2.72. The minimum Gasteiger partial charge on any atom is -0.317 e. The van der Waals surface area contributed by atoms with E-state index in [2.05, 4.69) is 45.8 Å². The normalized spacial score (nSPS) is 28.9. The van der Waals surface area contributed by atoms with Crippen molar-refractivity contribution >= 4 is 38.3 Å². The smallest absolute Gasteiger partial charge is 0.248 e. The zero-order valence-corrected chi connectivity index (χ0v) is 17.7. The summed E-state index contributed by atoms with van der Waals surface area (Å²) < 4.78 is 0.286. The van der Waals surface area contributed by atoms with Gasteiger partial charge in [0.25, 0.3) is 0 Å². The highest BCUT2D eigenvalue weighted by atomic mass is 79.9. The molecule has 28 heavy (non-hydrogen) atoms. The van der Waals surface area contributed by atoms with Crippen LogP contribution in [0, 0.1) is 0 Å². The number of fused-ring (bicyclic) bond motifs is 1. The molecule has 0 aromatic heterocycles. The van der Waals surface area contributed by atoms with Crippen LogP contribution >= 0.6 is 27.7 Å². The molecule has 8 heteroatoms. The summed E-state index contributed by atoms with van der Waals surface area (Å²) in [7, 11) is 0. The summed E-state index contributed by atoms with van der Waals surface area (Å²) in [5.74, 6) is 0.485. The standard InChI is InChI=1S/C20H22BrN4O2S/c21-18(26)17-15(13-28-20-16(22)19(27)24(17)20)11-23-25(9-5-2-6-10-25)12-14-7-3-1-4-8-14/h1-9,16,20,23H,10-13,22H2/q+1/t16?,20-,25?/m1/s1. The number of thioether (sulfide) groups is 1. The highest BCUT2D eigenvalue weighted by Gasteiger charge is 2.51. The second-order valence-electron chi connectivity index (χ2n) is 7.13. The summed E-state index contributed by atoms with van der Waals surface area (Å²) in [4.78, 5) is 26.0. The maximum absolute atomic E-state index is 12.2. The first-order valence-corrected chi connectivity index (χ1v) is 11.0. The minimum absolute atomic E-state index is 0.141. The van der Waals surface area contributed by atoms with Crippen LogP contribution in [0.25, 0.3) is 0 Å². The van der Waals surface area contributed by atoms with Crippen molar-refractivity contribution in [1.29, 1.82) is 0 Å². The summed E-state index contributed by atoms with van der Waals surface area (Å²) in [6.07, 6.45) is 8.34. The SMILES string of the molecule is NC1C(=O)N2C(C(=O)Br)=C(CN[N+]3(Cc4ccccc4)C=CC=CC3)CS[C@H]12. The number of amides is 1. The molecule has 4 rings (SSSR count). The molecule has 0 radical (unpaired) electrons. The molecule has 146 valence electrons. The number of halogens is 1. The Morgan fingerprint density at radius 3 is 2.79 bits per heavy atom. The predicted molar refractivity (Wildman–Crippen MR) is 114 cm³/mol. The van der Waals surface area contributed by atoms with Crippen LogP contribution in [0.1, 0.15) is 5.56 Å². The molecule has 0 saturated carbocycles. The third kappa shape index (κ3) is 3.62. The number of nitrogens with two attached hydrogens (primary N) is 1. The lowest BCUT2D eigenvalue weighted by Crippen LogP contribution is -2.68. The third-order valence-electron chi connectivity index (χ3n) is 5.24. The Bertz CT molecular complexity index is 885. The lowest BCUT2D eigenvalue weighted by Gasteiger charge is -2.48. The second-order valence-corrected chi connectivity index (χ2v) is 8.95. The van der Waals surface area contributed by atoms with E-state index in [0.717, 1.165) is 18.7 Å². The average molecular weight is 462 g/mol. The van der Waals surface area contributed by atoms with Crippen molar-refractivity contribution < 1.29 is 14.2 Å². The van der Waals surface area contributed by atoms with Gasteiger partial charge in [-0.1, -0.05) is 36.4 Å². The fourth-order valence-corrected chi connectivity index (χ4v) is 5.51. The van der Waals surface area contributed by atoms with Gasteiger partial charge in [0.05, 0.1) is 6.54 Å². The van der Waals surface area contributed by atoms with Crippen LogP contribution in [-0.2, 0) is 16.1 Å². The number of rotatable bonds is 6. The van der Waals surface area contributed by atoms with Crippen LogP contribution in [0.5, 0.6) is 0 Å². The molecule has 1 aromatic carbocycles. The number of nitrogens with one attached hydrogen (secondary N) is 1. The van der Waals surface area contributed by atoms with E-state index in [1.54, 1.807) is 16.7 Å². The van der Waals surface area contributed by atoms with Crippen molar-refractivity contribution in [3.05, 3.63) is 71.6 Å². The highest BCUT2D eigenvalue weighted by molar-refractivity contribution is 9.18. The molecule has 3 N–H and O–H groups in total. The first kappa shape index (κ1) is 19.6. The van der Waals surface area contributed by atoms with E-state index in [0.29, 0.717) is 22.6 Å². The van der Waals surface area contributed by atoms with Crippen LogP contribution in [0.15, 0.2) is 66.0 Å². The largest absolute Gasteiger partial charge is 0.317 e. The number of β-lactam (4-membered cyclic amide) rings is 1. The summed E-state index contributed by atoms with van der Waals surface area (Å²) in [6, 6.07) is 9.79. The Kier molecular flexibility index (Phi) is 5.57. The fourth-order valence-electron chi connectivity index (χ4n) is 3.75. The molecular weight excluding hydrogens is 440 g/mol. The number of carbonyl (C=O) groups excluding carboxylic acids is 2. The van der Waals surface area contributed by atoms with Crippen LogP contribution in [0.4, 0.5) is 0 Å². The van der Waals surface area contributed by atoms with Gasteiger partial charge in [-0.05, 0) is 33.7 Å². The lowest BCUT2D eigenvalue weighted by atomic mass is 10.0. The predicted octanol–water partition coefficient (Wildman–Crippen LogP) is 2.01. The van der Waals surface area contributed by atoms with Gasteiger partial charge in [-0.15, -0.1) is 11.8 Å². The summed E-state index contributed by atoms with van der Waals surface area (Å²) in [5, 5.41) is -0.141. The Hall–Kier alpha value is -1.71. The molecule has 3 aliphatic heterocycles. The van der Waals surface area contributed by atoms with Gasteiger partial charge in [0, 0.05) is 11.3 Å². The zero-order valence-electron chi connectivity index (χ0n) is 15.3. The molecular formula is C20H22BrN4O2S+. The van der Waals surface area contributed by atoms with Crippen molar-refractivity contribution in [2.24, 2.45) is 5.73 Å². The maximum Gasteiger partial charge on any atom is 0.248 e. The van der Waals surface area contributed by atoms with Gasteiger partial charge in [-0.25, -0.2) is 4.59 Å². The molecule has 0 bridgehead atoms. The molecule has 3 atom stereocenters. The highest BCUT2D eigenvalue weighted by Crippen LogP contribution is 2.40. The van der Waals surface area contributed by atoms with Crippen molar-refractivity contribution in [1.82, 2.24) is 10.3 Å². The number of nitrogens with zero attached hydrogens (tertiary/aromatic N) is 2. The molecule has 3 aliphatic rings. The van der Waals surface area contributed by atoms with Crippen molar-refractivity contribution in [3.63, 3.8) is 0 Å². The van der Waals surface area contributed by atoms with Crippen molar-refractivity contribution in [2.75, 3.05) is 18.8 Å². The van der Waals surface area contributed by atoms with E-state index in [-0.39, 0.29) is 16.0 Å². The summed E-state index contributed by atoms with van der Waals surface area (Å²) in [6.45, 7) is 2.10. The Morgan fingerprint density at radius 1 is 1.32 bits per heavy atom. The molecule has 1 saturated heterocycles. The molecule has 0 aliphatic carbocycles. The minimum atomic E-state index is -0.520. The molecule has 1 aromatic rings. The van der Waals surface area contributed by atoms with E-state index < -0.39 is 6.04 Å². The molecule has 1 amide bonds. The quantitative estimate of drug-likeness (QED) is 0.385. The number of hydrogen-bond acceptors (Lipinski definition) is 5. The van der Waals surface area contributed by atoms with Crippen molar-refractivity contribution in [2.45, 2.75) is 18.0 Å². The lowest BCUT2D eigenvalue weighted by molar-refractivity contribution is -0.931. The Labute approximate surface area is 176 Å². The van der Waals surface area contributed by atoms with Crippen LogP contribution < -0.4 is 11.2 Å². The summed E-state index contributed by atoms with van der Waals surface area (Å²) in [5.41, 5.74) is 12.1. The van der Waals surface area contributed by atoms with Crippen molar-refractivity contribution in [3.8, 4) is 0 Å². The van der Waals surface area contributed by atoms with Gasteiger partial charge in [-0.3, -0.25) is 14.5 Å². The fraction of sp³-hybridized carbons (Fsp3) is 0.300. The number of carbonyl (C=O) groups is 2. The number of quaternary nitrogens is 1. The Morgan fingerprint density at radius 2 is 2.11 bits per heavy atom. The second kappa shape index (κ2) is 7.96.